The third-order valence-corrected chi connectivity index (χ3v) is 1.12. The van der Waals surface area contributed by atoms with Gasteiger partial charge >= 0.3 is 10.4 Å². The Morgan fingerprint density at radius 1 is 1.31 bits per heavy atom. The number of hydrogen-bond donors (Lipinski definition) is 1. The van der Waals surface area contributed by atoms with Gasteiger partial charge in [-0.1, -0.05) is 13.2 Å². The van der Waals surface area contributed by atoms with Gasteiger partial charge in [0.15, 0.2) is 0 Å². The van der Waals surface area contributed by atoms with Gasteiger partial charge in [0.2, 0.25) is 0 Å². The lowest BCUT2D eigenvalue weighted by Gasteiger charge is -1.96. The molecule has 6 nitrogen and oxygen atoms in total. The van der Waals surface area contributed by atoms with Crippen molar-refractivity contribution < 1.29 is 26.7 Å². The largest absolute Gasteiger partial charge is 0.499 e. The summed E-state index contributed by atoms with van der Waals surface area (Å²) in [5.41, 5.74) is 0. The van der Waals surface area contributed by atoms with Gasteiger partial charge in [-0.05, 0) is 0 Å². The van der Waals surface area contributed by atoms with E-state index in [-0.39, 0.29) is 0 Å². The molecule has 0 fully saturated rings. The first-order valence-corrected chi connectivity index (χ1v) is 4.22. The number of hydrogen-bond acceptors (Lipinski definition) is 5. The Labute approximate surface area is 76.4 Å². The Kier molecular flexibility index (Phi) is 7.74. The first-order valence-electron chi connectivity index (χ1n) is 2.88. The van der Waals surface area contributed by atoms with Gasteiger partial charge in [0.05, 0.1) is 0 Å². The van der Waals surface area contributed by atoms with Crippen LogP contribution in [0, 0.1) is 0 Å². The van der Waals surface area contributed by atoms with E-state index in [0.717, 1.165) is 19.4 Å². The zero-order valence-corrected chi connectivity index (χ0v) is 7.78. The summed E-state index contributed by atoms with van der Waals surface area (Å²) in [5, 5.41) is 7.42. The molecular formula is C6H10O6S. The van der Waals surface area contributed by atoms with Crippen molar-refractivity contribution in [1.82, 2.24) is 0 Å². The van der Waals surface area contributed by atoms with E-state index in [2.05, 4.69) is 21.5 Å². The summed E-state index contributed by atoms with van der Waals surface area (Å²) < 4.78 is 28.3. The standard InChI is InChI=1S/C4H6O4S.C2H4O2/c1-3-7-9(5,6)8-4-2;1-2(3)4/h3-4H,1-2H2;1H3,(H,3,4). The average Bonchev–Trinajstić information content (AvgIpc) is 1.84. The number of aliphatic carboxylic acids is 1. The van der Waals surface area contributed by atoms with Crippen molar-refractivity contribution in [3.05, 3.63) is 25.7 Å². The molecule has 13 heavy (non-hydrogen) atoms. The van der Waals surface area contributed by atoms with E-state index in [4.69, 9.17) is 9.90 Å². The smallest absolute Gasteiger partial charge is 0.481 e. The minimum Gasteiger partial charge on any atom is -0.481 e. The first-order chi connectivity index (χ1) is 5.85. The molecule has 0 atom stereocenters. The van der Waals surface area contributed by atoms with Crippen molar-refractivity contribution in [3.8, 4) is 0 Å². The van der Waals surface area contributed by atoms with Crippen LogP contribution in [0.1, 0.15) is 6.92 Å². The predicted octanol–water partition coefficient (Wildman–Crippen LogP) is 0.642. The van der Waals surface area contributed by atoms with Gasteiger partial charge in [0, 0.05) is 6.92 Å². The molecule has 0 rings (SSSR count). The first kappa shape index (κ1) is 14.0. The monoisotopic (exact) mass is 210 g/mol. The van der Waals surface area contributed by atoms with E-state index in [9.17, 15) is 8.42 Å². The van der Waals surface area contributed by atoms with E-state index in [0.29, 0.717) is 0 Å². The molecule has 0 saturated carbocycles. The van der Waals surface area contributed by atoms with Gasteiger partial charge in [-0.15, -0.1) is 8.42 Å². The fraction of sp³-hybridized carbons (Fsp3) is 0.167. The number of carboxylic acid groups (broad SMARTS) is 1. The molecule has 0 unspecified atom stereocenters. The van der Waals surface area contributed by atoms with Gasteiger partial charge in [0.25, 0.3) is 5.97 Å². The van der Waals surface area contributed by atoms with Crippen LogP contribution >= 0.6 is 0 Å². The second-order valence-electron chi connectivity index (χ2n) is 1.45. The summed E-state index contributed by atoms with van der Waals surface area (Å²) in [6.07, 6.45) is 1.50. The molecule has 0 bridgehead atoms. The molecule has 0 aliphatic carbocycles. The van der Waals surface area contributed by atoms with Gasteiger partial charge < -0.3 is 13.5 Å². The molecule has 0 aromatic rings. The van der Waals surface area contributed by atoms with Crippen molar-refractivity contribution in [1.29, 1.82) is 0 Å². The number of carbonyl (C=O) groups is 1. The lowest BCUT2D eigenvalue weighted by molar-refractivity contribution is -0.134. The van der Waals surface area contributed by atoms with E-state index in [1.54, 1.807) is 0 Å². The molecule has 1 N–H and O–H groups in total. The van der Waals surface area contributed by atoms with Crippen molar-refractivity contribution in [2.75, 3.05) is 0 Å². The Morgan fingerprint density at radius 2 is 1.54 bits per heavy atom. The molecule has 7 heteroatoms. The highest BCUT2D eigenvalue weighted by Crippen LogP contribution is 1.94. The fourth-order valence-corrected chi connectivity index (χ4v) is 0.568. The maximum atomic E-state index is 10.2. The van der Waals surface area contributed by atoms with Crippen LogP contribution in [0.4, 0.5) is 0 Å². The molecule has 0 aliphatic heterocycles. The highest BCUT2D eigenvalue weighted by molar-refractivity contribution is 7.82. The quantitative estimate of drug-likeness (QED) is 0.685. The Bertz CT molecular complexity index is 245. The van der Waals surface area contributed by atoms with Crippen molar-refractivity contribution in [3.63, 3.8) is 0 Å². The minimum absolute atomic E-state index is 0.749. The van der Waals surface area contributed by atoms with E-state index >= 15 is 0 Å². The average molecular weight is 210 g/mol. The normalized spacial score (nSPS) is 8.69. The van der Waals surface area contributed by atoms with Gasteiger partial charge in [-0.2, -0.15) is 0 Å². The highest BCUT2D eigenvalue weighted by Gasteiger charge is 2.05. The van der Waals surface area contributed by atoms with Crippen LogP contribution < -0.4 is 0 Å². The van der Waals surface area contributed by atoms with Crippen LogP contribution in [0.25, 0.3) is 0 Å². The van der Waals surface area contributed by atoms with Crippen LogP contribution in [-0.4, -0.2) is 19.5 Å². The molecule has 0 saturated heterocycles. The summed E-state index contributed by atoms with van der Waals surface area (Å²) in [6.45, 7) is 7.11. The second-order valence-corrected chi connectivity index (χ2v) is 2.65. The maximum Gasteiger partial charge on any atom is 0.499 e. The highest BCUT2D eigenvalue weighted by atomic mass is 32.3. The maximum absolute atomic E-state index is 10.2. The van der Waals surface area contributed by atoms with Crippen LogP contribution in [0.3, 0.4) is 0 Å². The topological polar surface area (TPSA) is 89.9 Å². The van der Waals surface area contributed by atoms with Crippen LogP contribution in [0.15, 0.2) is 25.7 Å². The van der Waals surface area contributed by atoms with Crippen molar-refractivity contribution in [2.24, 2.45) is 0 Å². The molecule has 0 amide bonds. The molecular weight excluding hydrogens is 200 g/mol. The lowest BCUT2D eigenvalue weighted by atomic mass is 10.9. The van der Waals surface area contributed by atoms with Crippen LogP contribution in [-0.2, 0) is 23.6 Å². The Hall–Kier alpha value is -1.50. The molecule has 0 aliphatic rings. The van der Waals surface area contributed by atoms with Gasteiger partial charge in [-0.25, -0.2) is 0 Å². The molecule has 0 aromatic heterocycles. The van der Waals surface area contributed by atoms with E-state index in [1.807, 2.05) is 0 Å². The predicted molar refractivity (Wildman–Crippen MR) is 44.8 cm³/mol. The molecule has 0 heterocycles. The molecule has 76 valence electrons. The summed E-state index contributed by atoms with van der Waals surface area (Å²) in [7, 11) is -3.92. The fourth-order valence-electron chi connectivity index (χ4n) is 0.189. The number of carboxylic acids is 1. The second kappa shape index (κ2) is 7.17. The Morgan fingerprint density at radius 3 is 1.69 bits per heavy atom. The third kappa shape index (κ3) is 18.0. The lowest BCUT2D eigenvalue weighted by Crippen LogP contribution is -2.01. The van der Waals surface area contributed by atoms with Crippen molar-refractivity contribution in [2.45, 2.75) is 6.92 Å². The van der Waals surface area contributed by atoms with E-state index < -0.39 is 16.4 Å². The molecule has 0 spiro atoms. The van der Waals surface area contributed by atoms with E-state index in [1.165, 1.54) is 0 Å². The number of rotatable bonds is 4. The summed E-state index contributed by atoms with van der Waals surface area (Å²) in [5.74, 6) is -0.833. The van der Waals surface area contributed by atoms with Gasteiger partial charge in [-0.3, -0.25) is 4.79 Å². The zero-order chi connectivity index (χ0) is 10.9. The third-order valence-electron chi connectivity index (χ3n) is 0.372. The minimum atomic E-state index is -3.92. The summed E-state index contributed by atoms with van der Waals surface area (Å²) >= 11 is 0. The van der Waals surface area contributed by atoms with Gasteiger partial charge in [0.1, 0.15) is 12.5 Å². The Balaban J connectivity index is 0. The summed E-state index contributed by atoms with van der Waals surface area (Å²) in [4.78, 5) is 9.00. The van der Waals surface area contributed by atoms with Crippen molar-refractivity contribution >= 4 is 16.4 Å². The zero-order valence-electron chi connectivity index (χ0n) is 6.97. The summed E-state index contributed by atoms with van der Waals surface area (Å²) in [6, 6.07) is 0. The molecule has 0 aromatic carbocycles. The molecule has 0 radical (unpaired) electrons. The van der Waals surface area contributed by atoms with Crippen LogP contribution in [0.5, 0.6) is 0 Å². The SMILES string of the molecule is C=COS(=O)(=O)OC=C.CC(=O)O. The van der Waals surface area contributed by atoms with Crippen LogP contribution in [0.2, 0.25) is 0 Å².